The summed E-state index contributed by atoms with van der Waals surface area (Å²) in [6.45, 7) is 15.6. The van der Waals surface area contributed by atoms with Crippen molar-refractivity contribution in [1.82, 2.24) is 56.8 Å². The Labute approximate surface area is 771 Å². The minimum absolute atomic E-state index is 0.293. The third kappa shape index (κ3) is 10.0. The molecule has 0 radical (unpaired) electrons. The van der Waals surface area contributed by atoms with Gasteiger partial charge in [0, 0.05) is 124 Å². The van der Waals surface area contributed by atoms with Crippen LogP contribution in [-0.2, 0) is 0 Å². The van der Waals surface area contributed by atoms with E-state index in [2.05, 4.69) is 340 Å². The number of rotatable bonds is 5. The predicted molar refractivity (Wildman–Crippen MR) is 562 cm³/mol. The van der Waals surface area contributed by atoms with E-state index < -0.39 is 0 Å². The maximum Gasteiger partial charge on any atom is 0.313 e. The molecule has 136 heavy (non-hydrogen) atoms. The molecule has 0 aliphatic carbocycles. The molecular formula is C122H66N14. The third-order valence-corrected chi connectivity index (χ3v) is 28.7. The van der Waals surface area contributed by atoms with Crippen molar-refractivity contribution >= 4 is 257 Å². The lowest BCUT2D eigenvalue weighted by atomic mass is 10.00. The average Bonchev–Trinajstić information content (AvgIpc) is 1.52. The normalized spacial score (nSPS) is 12.2. The molecule has 32 aromatic rings. The number of para-hydroxylation sites is 12. The topological polar surface area (TPSA) is 114 Å². The summed E-state index contributed by atoms with van der Waals surface area (Å²) in [7, 11) is 0. The highest BCUT2D eigenvalue weighted by Crippen LogP contribution is 2.54. The van der Waals surface area contributed by atoms with Gasteiger partial charge in [0.05, 0.1) is 111 Å². The molecule has 32 rings (SSSR count). The zero-order valence-electron chi connectivity index (χ0n) is 72.4. The SMILES string of the molecule is [C-]#[N+]c1ccc(-c2nc3ccccc3nc2-n2c3ccccc3c3c4c5ccc6ccccc6c5n5c6ccccc6c(cc32)c45)cc1.[C-]#[N+]c1nc2ccccc2nc1-n1c2ccccc2c2c3c4ccc5ccccc5c4n4c5ccccc5c(cc21)c34.c1ccc(-c2nc3ccccc3nc2-n2c3ccccc3c3c4c5ccc6ccccc6c5n5c6ccccc6c(cc32)c45)cc1. The lowest BCUT2D eigenvalue weighted by molar-refractivity contribution is 1.08. The van der Waals surface area contributed by atoms with Crippen LogP contribution in [0.5, 0.6) is 0 Å². The second kappa shape index (κ2) is 27.8. The minimum atomic E-state index is 0.293. The first-order chi connectivity index (χ1) is 67.4. The van der Waals surface area contributed by atoms with Gasteiger partial charge in [-0.15, -0.1) is 4.98 Å². The van der Waals surface area contributed by atoms with Crippen LogP contribution in [0.3, 0.4) is 0 Å². The van der Waals surface area contributed by atoms with Gasteiger partial charge in [0.2, 0.25) is 0 Å². The summed E-state index contributed by atoms with van der Waals surface area (Å²) in [5.74, 6) is 2.45. The van der Waals surface area contributed by atoms with Crippen LogP contribution in [0.4, 0.5) is 11.5 Å². The Bertz CT molecular complexity index is 11000. The van der Waals surface area contributed by atoms with Gasteiger partial charge >= 0.3 is 5.82 Å². The first-order valence-corrected chi connectivity index (χ1v) is 45.7. The van der Waals surface area contributed by atoms with E-state index in [0.29, 0.717) is 17.3 Å². The first kappa shape index (κ1) is 73.8. The number of hydrogen-bond acceptors (Lipinski definition) is 6. The fraction of sp³-hybridized carbons (Fsp3) is 0. The van der Waals surface area contributed by atoms with Crippen LogP contribution < -0.4 is 0 Å². The first-order valence-electron chi connectivity index (χ1n) is 45.7. The van der Waals surface area contributed by atoms with Gasteiger partial charge in [0.25, 0.3) is 0 Å². The smallest absolute Gasteiger partial charge is 0.313 e. The van der Waals surface area contributed by atoms with Crippen molar-refractivity contribution in [2.75, 3.05) is 0 Å². The number of fused-ring (bicyclic) bond motifs is 39. The van der Waals surface area contributed by atoms with Gasteiger partial charge in [0.1, 0.15) is 16.9 Å². The Balaban J connectivity index is 0.0000000971. The van der Waals surface area contributed by atoms with E-state index in [1.807, 2.05) is 97.1 Å². The molecule has 0 bridgehead atoms. The van der Waals surface area contributed by atoms with Crippen molar-refractivity contribution in [3.63, 3.8) is 0 Å². The molecule has 12 aromatic heterocycles. The van der Waals surface area contributed by atoms with Crippen molar-refractivity contribution in [1.29, 1.82) is 0 Å². The van der Waals surface area contributed by atoms with Crippen LogP contribution in [0.2, 0.25) is 0 Å². The van der Waals surface area contributed by atoms with E-state index >= 15 is 0 Å². The molecule has 14 nitrogen and oxygen atoms in total. The van der Waals surface area contributed by atoms with E-state index in [-0.39, 0.29) is 0 Å². The Morgan fingerprint density at radius 1 is 0.184 bits per heavy atom. The summed E-state index contributed by atoms with van der Waals surface area (Å²) < 4.78 is 14.3. The minimum Gasteiger partial charge on any atom is -0.358 e. The monoisotopic (exact) mass is 1730 g/mol. The average molecular weight is 1730 g/mol. The predicted octanol–water partition coefficient (Wildman–Crippen LogP) is 31.5. The van der Waals surface area contributed by atoms with Crippen molar-refractivity contribution in [3.05, 3.63) is 423 Å². The van der Waals surface area contributed by atoms with Gasteiger partial charge in [-0.2, -0.15) is 0 Å². The highest BCUT2D eigenvalue weighted by atomic mass is 15.1. The number of benzene rings is 20. The third-order valence-electron chi connectivity index (χ3n) is 28.7. The lowest BCUT2D eigenvalue weighted by Gasteiger charge is -2.14. The fourth-order valence-electron chi connectivity index (χ4n) is 23.2. The van der Waals surface area contributed by atoms with Crippen molar-refractivity contribution in [2.24, 2.45) is 0 Å². The van der Waals surface area contributed by atoms with Gasteiger partial charge in [-0.25, -0.2) is 29.8 Å². The van der Waals surface area contributed by atoms with Crippen LogP contribution in [0.15, 0.2) is 400 Å². The summed E-state index contributed by atoms with van der Waals surface area (Å²) in [6.07, 6.45) is 0. The second-order valence-corrected chi connectivity index (χ2v) is 35.6. The molecule has 0 spiro atoms. The summed E-state index contributed by atoms with van der Waals surface area (Å²) in [5.41, 5.74) is 26.7. The molecule has 0 fully saturated rings. The van der Waals surface area contributed by atoms with E-state index in [9.17, 15) is 0 Å². The Morgan fingerprint density at radius 2 is 0.471 bits per heavy atom. The zero-order chi connectivity index (χ0) is 89.0. The van der Waals surface area contributed by atoms with Gasteiger partial charge in [-0.3, -0.25) is 9.13 Å². The van der Waals surface area contributed by atoms with Gasteiger partial charge in [-0.1, -0.05) is 316 Å². The number of aromatic nitrogens is 12. The van der Waals surface area contributed by atoms with Crippen LogP contribution in [0.25, 0.3) is 295 Å². The maximum atomic E-state index is 8.06. The Hall–Kier alpha value is -19.0. The molecule has 624 valence electrons. The molecule has 0 aliphatic rings. The largest absolute Gasteiger partial charge is 0.358 e. The molecule has 0 unspecified atom stereocenters. The number of hydrogen-bond donors (Lipinski definition) is 0. The van der Waals surface area contributed by atoms with Crippen molar-refractivity contribution in [3.8, 4) is 40.0 Å². The second-order valence-electron chi connectivity index (χ2n) is 35.6. The Kier molecular flexibility index (Phi) is 15.1. The summed E-state index contributed by atoms with van der Waals surface area (Å²) in [5, 5.41) is 29.4. The quantitative estimate of drug-likeness (QED) is 0.159. The van der Waals surface area contributed by atoms with Crippen LogP contribution in [0, 0.1) is 13.1 Å². The Morgan fingerprint density at radius 3 is 0.831 bits per heavy atom. The zero-order valence-corrected chi connectivity index (χ0v) is 72.4. The molecule has 0 aliphatic heterocycles. The maximum absolute atomic E-state index is 8.06. The van der Waals surface area contributed by atoms with Crippen LogP contribution >= 0.6 is 0 Å². The molecule has 0 amide bonds. The van der Waals surface area contributed by atoms with Crippen molar-refractivity contribution < 1.29 is 0 Å². The summed E-state index contributed by atoms with van der Waals surface area (Å²) >= 11 is 0. The molecule has 0 atom stereocenters. The van der Waals surface area contributed by atoms with E-state index in [1.54, 1.807) is 0 Å². The molecular weight excluding hydrogens is 1660 g/mol. The molecule has 12 heterocycles. The summed E-state index contributed by atoms with van der Waals surface area (Å²) in [4.78, 5) is 38.5. The van der Waals surface area contributed by atoms with Crippen LogP contribution in [0.1, 0.15) is 0 Å². The highest BCUT2D eigenvalue weighted by molar-refractivity contribution is 6.41. The molecule has 20 aromatic carbocycles. The lowest BCUT2D eigenvalue weighted by Crippen LogP contribution is -2.03. The van der Waals surface area contributed by atoms with Crippen molar-refractivity contribution in [2.45, 2.75) is 0 Å². The number of nitrogens with zero attached hydrogens (tertiary/aromatic N) is 14. The van der Waals surface area contributed by atoms with Gasteiger partial charge in [0.15, 0.2) is 28.7 Å². The molecule has 0 saturated carbocycles. The van der Waals surface area contributed by atoms with Gasteiger partial charge < -0.3 is 22.6 Å². The molecule has 14 heteroatoms. The van der Waals surface area contributed by atoms with E-state index in [0.717, 1.165) is 106 Å². The highest BCUT2D eigenvalue weighted by Gasteiger charge is 2.33. The molecule has 0 saturated heterocycles. The van der Waals surface area contributed by atoms with E-state index in [4.69, 9.17) is 43.0 Å². The fourth-order valence-corrected chi connectivity index (χ4v) is 23.2. The van der Waals surface area contributed by atoms with Gasteiger partial charge in [-0.05, 0) is 107 Å². The van der Waals surface area contributed by atoms with E-state index in [1.165, 1.54) is 174 Å². The van der Waals surface area contributed by atoms with Crippen LogP contribution in [-0.4, -0.2) is 56.8 Å². The summed E-state index contributed by atoms with van der Waals surface area (Å²) in [6, 6.07) is 141. The standard InChI is InChI=1S/C43H23N5.C42H24N4.C37H19N5/c1-44-27-21-18-26(19-22-27)40-43(46-34-15-7-6-14-33(34)45-40)47-36-17-9-5-13-30(36)38-37(47)24-32-29-12-4-8-16-35(29)48-41-28-11-3-2-10-25(28)20-23-31(41)39(38)42(32)48;1-2-13-26(14-3-1)39-42(44-33-19-9-8-18-32(33)43-39)45-35-21-11-7-17-29(35)37-36(45)24-31-28-16-6-10-20-34(28)46-40-27-15-5-4-12-25(27)22-23-30(40)38(37)41(31)46;1-38-36-37(40-28-15-7-6-14-27(28)39-36)41-30-17-9-5-13-24(30)32-31(41)20-26-23-12-4-8-16-29(23)42-34-22-11-3-2-10-21(22)18-19-25(34)33(32)35(26)42/h2-24H;1-24H;2-20H. The molecule has 0 N–H and O–H groups in total.